The lowest BCUT2D eigenvalue weighted by Crippen LogP contribution is -2.28. The molecule has 80 valence electrons. The van der Waals surface area contributed by atoms with Crippen LogP contribution in [-0.4, -0.2) is 43.6 Å². The van der Waals surface area contributed by atoms with Gasteiger partial charge in [-0.05, 0) is 26.0 Å². The van der Waals surface area contributed by atoms with Crippen LogP contribution in [0.3, 0.4) is 0 Å². The summed E-state index contributed by atoms with van der Waals surface area (Å²) in [6.07, 6.45) is 8.80. The molecule has 1 rings (SSSR count). The maximum Gasteiger partial charge on any atom is 0.0849 e. The van der Waals surface area contributed by atoms with Gasteiger partial charge in [-0.1, -0.05) is 12.8 Å². The van der Waals surface area contributed by atoms with Crippen molar-refractivity contribution < 1.29 is 0 Å². The van der Waals surface area contributed by atoms with Crippen LogP contribution in [0.5, 0.6) is 0 Å². The van der Waals surface area contributed by atoms with Crippen LogP contribution in [0, 0.1) is 0 Å². The first-order chi connectivity index (χ1) is 6.74. The Hall–Kier alpha value is -0.860. The van der Waals surface area contributed by atoms with Gasteiger partial charge in [-0.15, -0.1) is 0 Å². The van der Waals surface area contributed by atoms with E-state index in [4.69, 9.17) is 0 Å². The van der Waals surface area contributed by atoms with Crippen LogP contribution >= 0.6 is 0 Å². The van der Waals surface area contributed by atoms with Crippen molar-refractivity contribution in [1.82, 2.24) is 4.90 Å². The second-order valence-electron chi connectivity index (χ2n) is 4.05. The number of rotatable bonds is 3. The molecule has 0 aromatic rings. The normalized spacial score (nSPS) is 28.8. The van der Waals surface area contributed by atoms with Gasteiger partial charge in [0, 0.05) is 14.1 Å². The van der Waals surface area contributed by atoms with Gasteiger partial charge in [0.15, 0.2) is 0 Å². The highest BCUT2D eigenvalue weighted by Crippen LogP contribution is 2.23. The van der Waals surface area contributed by atoms with Crippen molar-refractivity contribution in [1.29, 1.82) is 0 Å². The van der Waals surface area contributed by atoms with Gasteiger partial charge in [-0.3, -0.25) is 9.98 Å². The van der Waals surface area contributed by atoms with Crippen LogP contribution in [0.25, 0.3) is 0 Å². The smallest absolute Gasteiger partial charge is 0.0849 e. The minimum Gasteiger partial charge on any atom is -0.369 e. The van der Waals surface area contributed by atoms with Crippen molar-refractivity contribution in [2.75, 3.05) is 14.1 Å². The predicted molar refractivity (Wildman–Crippen MR) is 62.4 cm³/mol. The number of hydrogen-bond donors (Lipinski definition) is 0. The molecule has 1 saturated carbocycles. The predicted octanol–water partition coefficient (Wildman–Crippen LogP) is 1.98. The van der Waals surface area contributed by atoms with Crippen molar-refractivity contribution >= 4 is 12.6 Å². The first kappa shape index (κ1) is 11.2. The Morgan fingerprint density at radius 3 is 2.14 bits per heavy atom. The van der Waals surface area contributed by atoms with Gasteiger partial charge in [0.05, 0.1) is 18.4 Å². The van der Waals surface area contributed by atoms with Crippen LogP contribution in [-0.2, 0) is 0 Å². The summed E-state index contributed by atoms with van der Waals surface area (Å²) in [5, 5.41) is 0. The van der Waals surface area contributed by atoms with E-state index in [0.29, 0.717) is 12.1 Å². The van der Waals surface area contributed by atoms with Crippen molar-refractivity contribution in [2.24, 2.45) is 9.98 Å². The Kier molecular flexibility index (Phi) is 4.63. The van der Waals surface area contributed by atoms with Crippen LogP contribution in [0.2, 0.25) is 0 Å². The lowest BCUT2D eigenvalue weighted by molar-refractivity contribution is 0.387. The quantitative estimate of drug-likeness (QED) is 0.500. The summed E-state index contributed by atoms with van der Waals surface area (Å²) >= 11 is 0. The monoisotopic (exact) mass is 195 g/mol. The van der Waals surface area contributed by atoms with Crippen LogP contribution < -0.4 is 0 Å². The fourth-order valence-electron chi connectivity index (χ4n) is 1.85. The molecule has 3 nitrogen and oxygen atoms in total. The zero-order valence-corrected chi connectivity index (χ0v) is 9.48. The number of aliphatic imine (C=N–C) groups is 2. The lowest BCUT2D eigenvalue weighted by Gasteiger charge is -2.25. The molecule has 0 N–H and O–H groups in total. The minimum absolute atomic E-state index is 0.405. The van der Waals surface area contributed by atoms with Crippen molar-refractivity contribution in [3.05, 3.63) is 0 Å². The molecule has 2 atom stereocenters. The Bertz CT molecular complexity index is 209. The molecule has 0 aromatic carbocycles. The largest absolute Gasteiger partial charge is 0.369 e. The molecule has 0 aromatic heterocycles. The average Bonchev–Trinajstić information content (AvgIpc) is 2.17. The summed E-state index contributed by atoms with van der Waals surface area (Å²) in [6.45, 7) is 1.99. The van der Waals surface area contributed by atoms with Gasteiger partial charge in [0.2, 0.25) is 0 Å². The Morgan fingerprint density at radius 1 is 1.07 bits per heavy atom. The average molecular weight is 195 g/mol. The SMILES string of the molecule is CC=N[C@@H]1CCCC[C@H]1N=CN(C)C. The van der Waals surface area contributed by atoms with Gasteiger partial charge in [0.25, 0.3) is 0 Å². The summed E-state index contributed by atoms with van der Waals surface area (Å²) in [6, 6.07) is 0.826. The summed E-state index contributed by atoms with van der Waals surface area (Å²) in [4.78, 5) is 11.0. The standard InChI is InChI=1S/C11H21N3/c1-4-12-10-7-5-6-8-11(10)13-9-14(2)3/h4,9-11H,5-8H2,1-3H3/t10-,11-/m1/s1. The van der Waals surface area contributed by atoms with E-state index in [1.165, 1.54) is 25.7 Å². The van der Waals surface area contributed by atoms with Gasteiger partial charge in [-0.25, -0.2) is 0 Å². The molecule has 3 heteroatoms. The zero-order chi connectivity index (χ0) is 10.4. The van der Waals surface area contributed by atoms with E-state index in [0.717, 1.165) is 0 Å². The summed E-state index contributed by atoms with van der Waals surface area (Å²) in [5.74, 6) is 0. The van der Waals surface area contributed by atoms with Crippen molar-refractivity contribution in [3.63, 3.8) is 0 Å². The first-order valence-electron chi connectivity index (χ1n) is 5.41. The molecule has 0 heterocycles. The maximum absolute atomic E-state index is 4.57. The zero-order valence-electron chi connectivity index (χ0n) is 9.48. The molecular formula is C11H21N3. The summed E-state index contributed by atoms with van der Waals surface area (Å²) in [7, 11) is 4.01. The maximum atomic E-state index is 4.57. The van der Waals surface area contributed by atoms with E-state index < -0.39 is 0 Å². The van der Waals surface area contributed by atoms with Crippen LogP contribution in [0.4, 0.5) is 0 Å². The molecular weight excluding hydrogens is 174 g/mol. The van der Waals surface area contributed by atoms with E-state index >= 15 is 0 Å². The molecule has 0 bridgehead atoms. The third kappa shape index (κ3) is 3.48. The van der Waals surface area contributed by atoms with Gasteiger partial charge < -0.3 is 4.90 Å². The fraction of sp³-hybridized carbons (Fsp3) is 0.818. The van der Waals surface area contributed by atoms with Gasteiger partial charge in [0.1, 0.15) is 0 Å². The molecule has 0 aliphatic heterocycles. The Balaban J connectivity index is 2.53. The molecule has 0 radical (unpaired) electrons. The van der Waals surface area contributed by atoms with E-state index in [-0.39, 0.29) is 0 Å². The number of hydrogen-bond acceptors (Lipinski definition) is 2. The third-order valence-electron chi connectivity index (χ3n) is 2.52. The van der Waals surface area contributed by atoms with E-state index in [1.807, 2.05) is 38.5 Å². The molecule has 0 spiro atoms. The fourth-order valence-corrected chi connectivity index (χ4v) is 1.85. The highest BCUT2D eigenvalue weighted by atomic mass is 15.1. The molecule has 1 aliphatic carbocycles. The minimum atomic E-state index is 0.405. The van der Waals surface area contributed by atoms with Gasteiger partial charge in [-0.2, -0.15) is 0 Å². The topological polar surface area (TPSA) is 28.0 Å². The van der Waals surface area contributed by atoms with Crippen molar-refractivity contribution in [3.8, 4) is 0 Å². The second-order valence-corrected chi connectivity index (χ2v) is 4.05. The van der Waals surface area contributed by atoms with Crippen LogP contribution in [0.1, 0.15) is 32.6 Å². The third-order valence-corrected chi connectivity index (χ3v) is 2.52. The molecule has 14 heavy (non-hydrogen) atoms. The van der Waals surface area contributed by atoms with Crippen molar-refractivity contribution in [2.45, 2.75) is 44.7 Å². The summed E-state index contributed by atoms with van der Waals surface area (Å²) in [5.41, 5.74) is 0. The number of nitrogens with zero attached hydrogens (tertiary/aromatic N) is 3. The highest BCUT2D eigenvalue weighted by Gasteiger charge is 2.22. The first-order valence-corrected chi connectivity index (χ1v) is 5.41. The lowest BCUT2D eigenvalue weighted by atomic mass is 9.91. The molecule has 0 unspecified atom stereocenters. The van der Waals surface area contributed by atoms with Gasteiger partial charge >= 0.3 is 0 Å². The molecule has 1 aliphatic rings. The molecule has 0 amide bonds. The van der Waals surface area contributed by atoms with E-state index in [9.17, 15) is 0 Å². The Labute approximate surface area is 86.9 Å². The second kappa shape index (κ2) is 5.78. The summed E-state index contributed by atoms with van der Waals surface area (Å²) < 4.78 is 0. The van der Waals surface area contributed by atoms with E-state index in [1.54, 1.807) is 0 Å². The van der Waals surface area contributed by atoms with E-state index in [2.05, 4.69) is 9.98 Å². The molecule has 1 fully saturated rings. The Morgan fingerprint density at radius 2 is 1.64 bits per heavy atom. The van der Waals surface area contributed by atoms with Crippen LogP contribution in [0.15, 0.2) is 9.98 Å². The highest BCUT2D eigenvalue weighted by molar-refractivity contribution is 5.55. The molecule has 0 saturated heterocycles.